The minimum Gasteiger partial charge on any atom is -0.463 e. The molecule has 0 saturated heterocycles. The third kappa shape index (κ3) is 5.01. The lowest BCUT2D eigenvalue weighted by molar-refractivity contribution is -0.274. The third-order valence-corrected chi connectivity index (χ3v) is 1.99. The summed E-state index contributed by atoms with van der Waals surface area (Å²) in [7, 11) is 0. The predicted octanol–water partition coefficient (Wildman–Crippen LogP) is -0.0449. The standard InChI is InChI=1S/C9H14F3N3O3S/c1-3-5-13-7(19)14-15-8(17,9(10,11)12)6(16)18-4-2/h3,15,17H,1,4-5H2,2H3,(H2,13,14,19)/t8-/m1/s1. The number of ether oxygens (including phenoxy) is 1. The second-order valence-corrected chi connectivity index (χ2v) is 3.59. The normalized spacial score (nSPS) is 14.2. The molecule has 4 N–H and O–H groups in total. The number of carbonyl (C=O) groups is 1. The van der Waals surface area contributed by atoms with E-state index in [0.717, 1.165) is 0 Å². The number of rotatable bonds is 6. The van der Waals surface area contributed by atoms with Gasteiger partial charge in [0, 0.05) is 6.54 Å². The lowest BCUT2D eigenvalue weighted by Crippen LogP contribution is -2.68. The average molecular weight is 301 g/mol. The van der Waals surface area contributed by atoms with Crippen LogP contribution in [-0.2, 0) is 9.53 Å². The first-order valence-corrected chi connectivity index (χ1v) is 5.48. The molecule has 6 nitrogen and oxygen atoms in total. The molecule has 0 radical (unpaired) electrons. The molecule has 10 heteroatoms. The van der Waals surface area contributed by atoms with E-state index in [2.05, 4.69) is 28.9 Å². The molecule has 110 valence electrons. The van der Waals surface area contributed by atoms with Gasteiger partial charge in [-0.3, -0.25) is 5.43 Å². The summed E-state index contributed by atoms with van der Waals surface area (Å²) in [6, 6.07) is 0. The molecule has 0 amide bonds. The first-order chi connectivity index (χ1) is 8.69. The molecule has 0 aromatic rings. The van der Waals surface area contributed by atoms with Crippen molar-refractivity contribution in [2.75, 3.05) is 13.2 Å². The van der Waals surface area contributed by atoms with Crippen molar-refractivity contribution in [3.8, 4) is 0 Å². The number of aliphatic hydroxyl groups is 1. The smallest absolute Gasteiger partial charge is 0.444 e. The quantitative estimate of drug-likeness (QED) is 0.180. The van der Waals surface area contributed by atoms with Gasteiger partial charge in [0.05, 0.1) is 6.61 Å². The number of carbonyl (C=O) groups excluding carboxylic acids is 1. The van der Waals surface area contributed by atoms with E-state index >= 15 is 0 Å². The third-order valence-electron chi connectivity index (χ3n) is 1.74. The van der Waals surface area contributed by atoms with Crippen LogP contribution in [0, 0.1) is 0 Å². The molecule has 0 aliphatic rings. The van der Waals surface area contributed by atoms with E-state index in [0.29, 0.717) is 0 Å². The van der Waals surface area contributed by atoms with Gasteiger partial charge in [-0.1, -0.05) is 6.08 Å². The summed E-state index contributed by atoms with van der Waals surface area (Å²) in [5, 5.41) is 11.5. The van der Waals surface area contributed by atoms with Crippen LogP contribution in [0.25, 0.3) is 0 Å². The number of hydrogen-bond donors (Lipinski definition) is 4. The van der Waals surface area contributed by atoms with Gasteiger partial charge in [0.2, 0.25) is 0 Å². The zero-order chi connectivity index (χ0) is 15.1. The van der Waals surface area contributed by atoms with Crippen LogP contribution in [0.4, 0.5) is 13.2 Å². The van der Waals surface area contributed by atoms with Gasteiger partial charge in [0.15, 0.2) is 5.11 Å². The molecule has 0 bridgehead atoms. The van der Waals surface area contributed by atoms with Gasteiger partial charge in [0.1, 0.15) is 0 Å². The number of thiocarbonyl (C=S) groups is 1. The summed E-state index contributed by atoms with van der Waals surface area (Å²) < 4.78 is 42.1. The molecule has 0 aromatic heterocycles. The minimum atomic E-state index is -5.29. The van der Waals surface area contributed by atoms with Crippen LogP contribution in [0.2, 0.25) is 0 Å². The van der Waals surface area contributed by atoms with Gasteiger partial charge in [-0.15, -0.1) is 6.58 Å². The highest BCUT2D eigenvalue weighted by atomic mass is 32.1. The van der Waals surface area contributed by atoms with Gasteiger partial charge in [-0.25, -0.2) is 4.79 Å². The molecule has 0 saturated carbocycles. The van der Waals surface area contributed by atoms with Crippen LogP contribution in [0.1, 0.15) is 6.92 Å². The largest absolute Gasteiger partial charge is 0.463 e. The van der Waals surface area contributed by atoms with Gasteiger partial charge in [-0.05, 0) is 19.1 Å². The number of esters is 1. The number of halogens is 3. The van der Waals surface area contributed by atoms with Crippen LogP contribution < -0.4 is 16.2 Å². The van der Waals surface area contributed by atoms with E-state index in [4.69, 9.17) is 0 Å². The zero-order valence-electron chi connectivity index (χ0n) is 10.0. The van der Waals surface area contributed by atoms with Crippen molar-refractivity contribution >= 4 is 23.3 Å². The van der Waals surface area contributed by atoms with E-state index < -0.39 is 17.9 Å². The second-order valence-electron chi connectivity index (χ2n) is 3.18. The van der Waals surface area contributed by atoms with Crippen molar-refractivity contribution in [3.05, 3.63) is 12.7 Å². The van der Waals surface area contributed by atoms with E-state index in [-0.39, 0.29) is 18.3 Å². The highest BCUT2D eigenvalue weighted by Crippen LogP contribution is 2.28. The van der Waals surface area contributed by atoms with Gasteiger partial charge >= 0.3 is 17.9 Å². The van der Waals surface area contributed by atoms with Crippen LogP contribution in [0.3, 0.4) is 0 Å². The summed E-state index contributed by atoms with van der Waals surface area (Å²) in [5.74, 6) is -1.89. The number of nitrogens with one attached hydrogen (secondary N) is 3. The van der Waals surface area contributed by atoms with Crippen molar-refractivity contribution in [3.63, 3.8) is 0 Å². The fraction of sp³-hybridized carbons (Fsp3) is 0.556. The van der Waals surface area contributed by atoms with Crippen molar-refractivity contribution in [2.24, 2.45) is 0 Å². The van der Waals surface area contributed by atoms with Crippen LogP contribution in [0.5, 0.6) is 0 Å². The van der Waals surface area contributed by atoms with Gasteiger partial charge < -0.3 is 15.2 Å². The van der Waals surface area contributed by atoms with Crippen molar-refractivity contribution in [1.29, 1.82) is 0 Å². The molecule has 0 aromatic carbocycles. The Hall–Kier alpha value is -1.39. The Morgan fingerprint density at radius 2 is 2.11 bits per heavy atom. The second kappa shape index (κ2) is 7.26. The van der Waals surface area contributed by atoms with Crippen LogP contribution >= 0.6 is 12.2 Å². The summed E-state index contributed by atoms with van der Waals surface area (Å²) >= 11 is 4.60. The van der Waals surface area contributed by atoms with E-state index in [1.54, 1.807) is 0 Å². The number of alkyl halides is 3. The zero-order valence-corrected chi connectivity index (χ0v) is 10.8. The molecule has 0 rings (SSSR count). The summed E-state index contributed by atoms with van der Waals surface area (Å²) in [6.45, 7) is 4.53. The maximum Gasteiger partial charge on any atom is 0.444 e. The molecular weight excluding hydrogens is 287 g/mol. The van der Waals surface area contributed by atoms with Gasteiger partial charge in [0.25, 0.3) is 0 Å². The van der Waals surface area contributed by atoms with Crippen molar-refractivity contribution < 1.29 is 27.8 Å². The molecule has 19 heavy (non-hydrogen) atoms. The van der Waals surface area contributed by atoms with Crippen LogP contribution in [0.15, 0.2) is 12.7 Å². The summed E-state index contributed by atoms with van der Waals surface area (Å²) in [4.78, 5) is 11.2. The topological polar surface area (TPSA) is 82.6 Å². The van der Waals surface area contributed by atoms with Crippen molar-refractivity contribution in [2.45, 2.75) is 18.8 Å². The Morgan fingerprint density at radius 3 is 2.53 bits per heavy atom. The molecular formula is C9H14F3N3O3S. The minimum absolute atomic E-state index is 0.192. The summed E-state index contributed by atoms with van der Waals surface area (Å²) in [6.07, 6.45) is -3.88. The van der Waals surface area contributed by atoms with Crippen LogP contribution in [-0.4, -0.2) is 41.2 Å². The Kier molecular flexibility index (Phi) is 6.73. The summed E-state index contributed by atoms with van der Waals surface area (Å²) in [5.41, 5.74) is -0.647. The molecule has 0 aliphatic carbocycles. The Morgan fingerprint density at radius 1 is 1.53 bits per heavy atom. The Labute approximate surface area is 113 Å². The maximum atomic E-state index is 12.6. The lowest BCUT2D eigenvalue weighted by Gasteiger charge is -2.29. The molecule has 0 spiro atoms. The number of hydrogen-bond acceptors (Lipinski definition) is 5. The lowest BCUT2D eigenvalue weighted by atomic mass is 10.2. The van der Waals surface area contributed by atoms with E-state index in [9.17, 15) is 23.1 Å². The molecule has 0 unspecified atom stereocenters. The Bertz CT molecular complexity index is 351. The van der Waals surface area contributed by atoms with Crippen molar-refractivity contribution in [1.82, 2.24) is 16.2 Å². The SMILES string of the molecule is C=CCNC(=S)NN[C@@](O)(C(=O)OCC)C(F)(F)F. The fourth-order valence-electron chi connectivity index (χ4n) is 0.829. The number of hydrazine groups is 1. The predicted molar refractivity (Wildman–Crippen MR) is 64.7 cm³/mol. The molecule has 0 fully saturated rings. The highest BCUT2D eigenvalue weighted by molar-refractivity contribution is 7.80. The Balaban J connectivity index is 4.75. The van der Waals surface area contributed by atoms with E-state index in [1.807, 2.05) is 5.43 Å². The first kappa shape index (κ1) is 17.6. The maximum absolute atomic E-state index is 12.6. The van der Waals surface area contributed by atoms with Gasteiger partial charge in [-0.2, -0.15) is 18.6 Å². The monoisotopic (exact) mass is 301 g/mol. The van der Waals surface area contributed by atoms with E-state index in [1.165, 1.54) is 18.4 Å². The highest BCUT2D eigenvalue weighted by Gasteiger charge is 2.61. The average Bonchev–Trinajstić information content (AvgIpc) is 2.32. The first-order valence-electron chi connectivity index (χ1n) is 5.07. The molecule has 0 aliphatic heterocycles. The molecule has 0 heterocycles. The molecule has 1 atom stereocenters. The fourth-order valence-corrected chi connectivity index (χ4v) is 0.964.